The number of aromatic nitrogens is 8. The Morgan fingerprint density at radius 2 is 1.02 bits per heavy atom. The second-order valence-electron chi connectivity index (χ2n) is 15.4. The number of nitriles is 1. The van der Waals surface area contributed by atoms with E-state index in [4.69, 9.17) is 6.57 Å². The normalized spacial score (nSPS) is 12.5. The fourth-order valence-corrected chi connectivity index (χ4v) is 4.37. The van der Waals surface area contributed by atoms with Crippen molar-refractivity contribution in [3.05, 3.63) is 39.8 Å². The summed E-state index contributed by atoms with van der Waals surface area (Å²) in [5.74, 6) is 0.130. The molecular formula is C32H44N14NiO2. The molecule has 0 aliphatic carbocycles. The summed E-state index contributed by atoms with van der Waals surface area (Å²) in [7, 11) is 3.26. The Morgan fingerprint density at radius 3 is 1.39 bits per heavy atom. The fraction of sp³-hybridized carbons (Fsp3) is 0.562. The van der Waals surface area contributed by atoms with Crippen LogP contribution in [0.4, 0.5) is 28.7 Å². The summed E-state index contributed by atoms with van der Waals surface area (Å²) in [4.78, 5) is 3.50. The summed E-state index contributed by atoms with van der Waals surface area (Å²) < 4.78 is 2.69. The molecule has 0 aliphatic rings. The van der Waals surface area contributed by atoms with Crippen molar-refractivity contribution in [2.45, 2.75) is 105 Å². The second kappa shape index (κ2) is 14.3. The van der Waals surface area contributed by atoms with Crippen LogP contribution in [-0.2, 0) is 52.2 Å². The third-order valence-corrected chi connectivity index (χ3v) is 6.93. The summed E-state index contributed by atoms with van der Waals surface area (Å²) in [6.07, 6.45) is 0. The van der Waals surface area contributed by atoms with E-state index in [1.807, 2.05) is 83.1 Å². The predicted molar refractivity (Wildman–Crippen MR) is 179 cm³/mol. The van der Waals surface area contributed by atoms with E-state index in [9.17, 15) is 15.5 Å². The van der Waals surface area contributed by atoms with E-state index in [1.165, 1.54) is 9.36 Å². The van der Waals surface area contributed by atoms with Gasteiger partial charge >= 0.3 is 16.5 Å². The smallest absolute Gasteiger partial charge is 0.492 e. The molecule has 0 aromatic carbocycles. The number of azo groups is 2. The Hall–Kier alpha value is -4.89. The zero-order valence-corrected chi connectivity index (χ0v) is 31.5. The molecule has 0 saturated carbocycles. The molecule has 16 nitrogen and oxygen atoms in total. The third-order valence-electron chi connectivity index (χ3n) is 6.93. The quantitative estimate of drug-likeness (QED) is 0.122. The largest absolute Gasteiger partial charge is 2.00 e. The molecule has 4 aromatic heterocycles. The fourth-order valence-electron chi connectivity index (χ4n) is 4.37. The second-order valence-corrected chi connectivity index (χ2v) is 15.4. The molecule has 0 aliphatic heterocycles. The molecule has 49 heavy (non-hydrogen) atoms. The molecule has 2 N–H and O–H groups in total. The van der Waals surface area contributed by atoms with Crippen LogP contribution in [0.3, 0.4) is 0 Å². The van der Waals surface area contributed by atoms with Crippen LogP contribution < -0.4 is 10.2 Å². The van der Waals surface area contributed by atoms with Crippen LogP contribution in [0.15, 0.2) is 20.5 Å². The first-order valence-corrected chi connectivity index (χ1v) is 15.1. The van der Waals surface area contributed by atoms with E-state index in [0.29, 0.717) is 28.3 Å². The minimum Gasteiger partial charge on any atom is -0.492 e. The first-order chi connectivity index (χ1) is 21.9. The molecule has 0 bridgehead atoms. The molecule has 0 spiro atoms. The van der Waals surface area contributed by atoms with Crippen molar-refractivity contribution in [3.63, 3.8) is 0 Å². The van der Waals surface area contributed by atoms with Crippen LogP contribution in [0.1, 0.15) is 111 Å². The van der Waals surface area contributed by atoms with Crippen LogP contribution >= 0.6 is 0 Å². The van der Waals surface area contributed by atoms with Crippen molar-refractivity contribution in [2.75, 3.05) is 0 Å². The summed E-state index contributed by atoms with van der Waals surface area (Å²) in [5, 5.41) is 70.7. The minimum absolute atomic E-state index is 0. The van der Waals surface area contributed by atoms with Gasteiger partial charge in [-0.25, -0.2) is 14.2 Å². The van der Waals surface area contributed by atoms with Gasteiger partial charge in [-0.3, -0.25) is 20.4 Å². The maximum absolute atomic E-state index is 10.2. The van der Waals surface area contributed by atoms with Gasteiger partial charge in [-0.2, -0.15) is 15.5 Å². The Kier molecular flexibility index (Phi) is 11.8. The average Bonchev–Trinajstić information content (AvgIpc) is 3.70. The Balaban J connectivity index is 0.000000333. The van der Waals surface area contributed by atoms with Crippen LogP contribution in [0.2, 0.25) is 0 Å². The van der Waals surface area contributed by atoms with E-state index in [2.05, 4.69) is 62.0 Å². The van der Waals surface area contributed by atoms with E-state index in [1.54, 1.807) is 14.1 Å². The van der Waals surface area contributed by atoms with Crippen molar-refractivity contribution in [2.24, 2.45) is 34.6 Å². The maximum Gasteiger partial charge on any atom is 2.00 e. The van der Waals surface area contributed by atoms with Crippen LogP contribution in [-0.4, -0.2) is 40.0 Å². The first-order valence-electron chi connectivity index (χ1n) is 15.1. The number of hydrogen-bond acceptors (Lipinski definition) is 11. The average molecular weight is 715 g/mol. The van der Waals surface area contributed by atoms with Gasteiger partial charge in [0.1, 0.15) is 17.4 Å². The van der Waals surface area contributed by atoms with Gasteiger partial charge in [0, 0.05) is 30.3 Å². The molecule has 0 unspecified atom stereocenters. The van der Waals surface area contributed by atoms with Gasteiger partial charge in [-0.1, -0.05) is 83.1 Å². The van der Waals surface area contributed by atoms with Gasteiger partial charge in [-0.15, -0.1) is 0 Å². The zero-order valence-electron chi connectivity index (χ0n) is 30.5. The molecule has 4 heterocycles. The third kappa shape index (κ3) is 8.78. The molecule has 4 aromatic rings. The molecule has 0 fully saturated rings. The maximum atomic E-state index is 10.2. The van der Waals surface area contributed by atoms with E-state index < -0.39 is 0 Å². The van der Waals surface area contributed by atoms with Gasteiger partial charge in [-0.05, 0) is 17.1 Å². The number of aromatic hydroxyl groups is 2. The van der Waals surface area contributed by atoms with Crippen LogP contribution in [0, 0.1) is 17.9 Å². The predicted octanol–water partition coefficient (Wildman–Crippen LogP) is 7.40. The van der Waals surface area contributed by atoms with Crippen molar-refractivity contribution >= 4 is 28.7 Å². The summed E-state index contributed by atoms with van der Waals surface area (Å²) in [6.45, 7) is 30.9. The summed E-state index contributed by atoms with van der Waals surface area (Å²) in [6, 6.07) is 2.09. The van der Waals surface area contributed by atoms with Gasteiger partial charge in [0.2, 0.25) is 17.4 Å². The minimum atomic E-state index is -0.321. The van der Waals surface area contributed by atoms with E-state index in [-0.39, 0.29) is 78.6 Å². The standard InChI is InChI=1S/2C16H22N7O.Ni/c1-15(2,3)11-9(17-7)13(21-19-11)20-18-10-12(16(4,5)6)22-23(8)14(10)24;1-15(2,3)11-9(8-17)13(21-19-11)20-18-10-12(16(4,5)6)22-23(7)14(10)24;/h1-6,8H3,(H-,18,19,20,21,22,24);1-7H3,(H-,18,19,20,21,22,24);/q2*-1;+2. The number of rotatable bonds is 4. The Morgan fingerprint density at radius 1 is 0.653 bits per heavy atom. The molecule has 0 atom stereocenters. The van der Waals surface area contributed by atoms with Crippen molar-refractivity contribution < 1.29 is 26.7 Å². The number of hydrogen-bond donors (Lipinski definition) is 2. The summed E-state index contributed by atoms with van der Waals surface area (Å²) in [5.41, 5.74) is 2.25. The van der Waals surface area contributed by atoms with Gasteiger partial charge < -0.3 is 30.6 Å². The van der Waals surface area contributed by atoms with Gasteiger partial charge in [0.15, 0.2) is 0 Å². The first kappa shape index (κ1) is 40.3. The Labute approximate surface area is 296 Å². The van der Waals surface area contributed by atoms with Crippen molar-refractivity contribution in [1.29, 1.82) is 5.26 Å². The topological polar surface area (TPSA) is 208 Å². The summed E-state index contributed by atoms with van der Waals surface area (Å²) >= 11 is 0. The zero-order chi connectivity index (χ0) is 36.6. The molecule has 0 amide bonds. The van der Waals surface area contributed by atoms with Gasteiger partial charge in [0.05, 0.1) is 34.9 Å². The molecule has 0 saturated heterocycles. The molecule has 4 rings (SSSR count). The molecule has 264 valence electrons. The molecule has 17 heteroatoms. The van der Waals surface area contributed by atoms with E-state index >= 15 is 0 Å². The van der Waals surface area contributed by atoms with Crippen LogP contribution in [0.5, 0.6) is 11.8 Å². The molecular weight excluding hydrogens is 671 g/mol. The Bertz CT molecular complexity index is 1790. The van der Waals surface area contributed by atoms with E-state index in [0.717, 1.165) is 0 Å². The van der Waals surface area contributed by atoms with Crippen molar-refractivity contribution in [3.8, 4) is 17.8 Å². The van der Waals surface area contributed by atoms with Gasteiger partial charge in [0.25, 0.3) is 0 Å². The monoisotopic (exact) mass is 714 g/mol. The molecule has 0 radical (unpaired) electrons. The SMILES string of the molecule is Cn1nc(C(C)(C)C)c(N=Nc2[n-]nc(C(C)(C)C)c2C#N)c1O.[C-]#[N+]c1c(C(C)(C)C)n[n-]c1N=Nc1c(C(C)(C)C)nn(C)c1O.[Ni+2]. The number of nitrogens with zero attached hydrogens (tertiary/aromatic N) is 14. The van der Waals surface area contributed by atoms with Crippen LogP contribution in [0.25, 0.3) is 4.85 Å². The number of aryl methyl sites for hydroxylation is 2. The van der Waals surface area contributed by atoms with Crippen molar-refractivity contribution in [1.82, 2.24) is 40.0 Å².